The van der Waals surface area contributed by atoms with Gasteiger partial charge in [-0.25, -0.2) is 0 Å². The molecule has 0 bridgehead atoms. The Morgan fingerprint density at radius 3 is 1.51 bits per heavy atom. The maximum absolute atomic E-state index is 16.2. The zero-order valence-corrected chi connectivity index (χ0v) is 25.4. The molecule has 0 fully saturated rings. The summed E-state index contributed by atoms with van der Waals surface area (Å²) in [5.74, 6) is 0.0359. The van der Waals surface area contributed by atoms with Gasteiger partial charge in [-0.15, -0.1) is 0 Å². The number of hydrogen-bond acceptors (Lipinski definition) is 1. The van der Waals surface area contributed by atoms with Crippen molar-refractivity contribution in [3.63, 3.8) is 0 Å². The maximum atomic E-state index is 16.2. The normalized spacial score (nSPS) is 11.6. The van der Waals surface area contributed by atoms with Crippen LogP contribution in [0.2, 0.25) is 13.3 Å². The average molecular weight is 580 g/mol. The molecule has 0 aliphatic rings. The van der Waals surface area contributed by atoms with Crippen LogP contribution in [0, 0.1) is 19.7 Å². The summed E-state index contributed by atoms with van der Waals surface area (Å²) >= 11 is -2.85. The van der Waals surface area contributed by atoms with Crippen LogP contribution in [0.4, 0.5) is 21.5 Å². The Bertz CT molecular complexity index is 1010. The molecular weight excluding hydrogens is 536 g/mol. The molecule has 0 radical (unpaired) electrons. The second kappa shape index (κ2) is 13.5. The topological polar surface area (TPSA) is 3.24 Å². The number of unbranched alkanes of at least 4 members (excludes halogenated alkanes) is 3. The second-order valence-electron chi connectivity index (χ2n) is 10.2. The fraction of sp³-hybridized carbons (Fsp3) is 0.438. The third-order valence-electron chi connectivity index (χ3n) is 7.52. The van der Waals surface area contributed by atoms with Gasteiger partial charge in [0.05, 0.1) is 0 Å². The van der Waals surface area contributed by atoms with Crippen molar-refractivity contribution in [3.8, 4) is 0 Å². The van der Waals surface area contributed by atoms with Gasteiger partial charge in [-0.2, -0.15) is 0 Å². The van der Waals surface area contributed by atoms with Gasteiger partial charge in [0.1, 0.15) is 0 Å². The van der Waals surface area contributed by atoms with Crippen molar-refractivity contribution in [1.29, 1.82) is 0 Å². The molecule has 0 aromatic heterocycles. The van der Waals surface area contributed by atoms with Gasteiger partial charge in [-0.05, 0) is 0 Å². The molecule has 0 spiro atoms. The van der Waals surface area contributed by atoms with E-state index in [0.717, 1.165) is 20.6 Å². The quantitative estimate of drug-likeness (QED) is 0.182. The number of aryl methyl sites for hydroxylation is 2. The number of hydrogen-bond donors (Lipinski definition) is 0. The first-order valence-corrected chi connectivity index (χ1v) is 21.2. The fourth-order valence-corrected chi connectivity index (χ4v) is 21.6. The molecular formula is C32H44FNSn. The number of rotatable bonds is 13. The Morgan fingerprint density at radius 2 is 1.11 bits per heavy atom. The van der Waals surface area contributed by atoms with Crippen LogP contribution < -0.4 is 8.48 Å². The van der Waals surface area contributed by atoms with Gasteiger partial charge in [-0.1, -0.05) is 0 Å². The first kappa shape index (κ1) is 27.8. The first-order chi connectivity index (χ1) is 17.0. The van der Waals surface area contributed by atoms with Crippen molar-refractivity contribution in [3.05, 3.63) is 83.7 Å². The SMILES string of the molecule is CCC[CH2][Sn]([CH2]CCC)([CH2]CCC)[c]1ccc(N(c2ccccc2C)c2ccccc2C)cc1F. The standard InChI is InChI=1S/C20H17FN.3C4H9.Sn/c1-15-8-3-5-12-19(15)22(18-11-7-10-17(21)14-18)20-13-6-4-9-16(20)2;3*1-3-4-2;/h3-9,11-14H,1-2H3;3*1,3-4H2,2H3;. The van der Waals surface area contributed by atoms with Crippen LogP contribution in [0.25, 0.3) is 0 Å². The molecule has 0 atom stereocenters. The molecule has 3 rings (SSSR count). The van der Waals surface area contributed by atoms with Crippen molar-refractivity contribution in [2.75, 3.05) is 4.90 Å². The Labute approximate surface area is 217 Å². The third-order valence-corrected chi connectivity index (χ3v) is 23.2. The van der Waals surface area contributed by atoms with Gasteiger partial charge in [0.2, 0.25) is 0 Å². The van der Waals surface area contributed by atoms with E-state index in [1.807, 2.05) is 6.07 Å². The zero-order chi connectivity index (χ0) is 25.3. The minimum absolute atomic E-state index is 0.0359. The number of halogens is 1. The average Bonchev–Trinajstić information content (AvgIpc) is 2.86. The van der Waals surface area contributed by atoms with Crippen LogP contribution in [-0.4, -0.2) is 18.4 Å². The molecule has 0 aliphatic heterocycles. The van der Waals surface area contributed by atoms with E-state index in [9.17, 15) is 0 Å². The summed E-state index contributed by atoms with van der Waals surface area (Å²) in [6, 6.07) is 23.1. The van der Waals surface area contributed by atoms with E-state index in [1.165, 1.54) is 63.0 Å². The molecule has 0 aliphatic carbocycles. The van der Waals surface area contributed by atoms with Gasteiger partial charge < -0.3 is 0 Å². The molecule has 1 nitrogen and oxygen atoms in total. The second-order valence-corrected chi connectivity index (χ2v) is 23.3. The summed E-state index contributed by atoms with van der Waals surface area (Å²) in [6.07, 6.45) is 7.32. The van der Waals surface area contributed by atoms with Crippen molar-refractivity contribution >= 4 is 39.0 Å². The van der Waals surface area contributed by atoms with Crippen molar-refractivity contribution in [2.24, 2.45) is 0 Å². The number of benzene rings is 3. The van der Waals surface area contributed by atoms with Crippen molar-refractivity contribution in [2.45, 2.75) is 86.5 Å². The number of anilines is 3. The molecule has 0 saturated carbocycles. The Morgan fingerprint density at radius 1 is 0.657 bits per heavy atom. The van der Waals surface area contributed by atoms with Crippen molar-refractivity contribution < 1.29 is 4.39 Å². The molecule has 188 valence electrons. The summed E-state index contributed by atoms with van der Waals surface area (Å²) in [4.78, 5) is 2.23. The van der Waals surface area contributed by atoms with E-state index in [2.05, 4.69) is 100 Å². The zero-order valence-electron chi connectivity index (χ0n) is 22.5. The fourth-order valence-electron chi connectivity index (χ4n) is 5.43. The summed E-state index contributed by atoms with van der Waals surface area (Å²) in [6.45, 7) is 11.1. The Balaban J connectivity index is 2.14. The summed E-state index contributed by atoms with van der Waals surface area (Å²) < 4.78 is 21.2. The van der Waals surface area contributed by atoms with E-state index in [-0.39, 0.29) is 5.82 Å². The van der Waals surface area contributed by atoms with Gasteiger partial charge in [0, 0.05) is 0 Å². The summed E-state index contributed by atoms with van der Waals surface area (Å²) in [5, 5.41) is 0. The predicted octanol–water partition coefficient (Wildman–Crippen LogP) is 9.97. The predicted molar refractivity (Wildman–Crippen MR) is 155 cm³/mol. The van der Waals surface area contributed by atoms with E-state index >= 15 is 4.39 Å². The molecule has 3 aromatic carbocycles. The van der Waals surface area contributed by atoms with Crippen LogP contribution in [0.15, 0.2) is 66.7 Å². The van der Waals surface area contributed by atoms with Crippen molar-refractivity contribution in [1.82, 2.24) is 0 Å². The van der Waals surface area contributed by atoms with Crippen LogP contribution in [-0.2, 0) is 0 Å². The monoisotopic (exact) mass is 581 g/mol. The van der Waals surface area contributed by atoms with E-state index in [1.54, 1.807) is 0 Å². The molecule has 3 heteroatoms. The first-order valence-electron chi connectivity index (χ1n) is 13.7. The summed E-state index contributed by atoms with van der Waals surface area (Å²) in [7, 11) is 0. The minimum atomic E-state index is -2.85. The Kier molecular flexibility index (Phi) is 10.7. The molecule has 0 heterocycles. The van der Waals surface area contributed by atoms with Crippen LogP contribution in [0.3, 0.4) is 0 Å². The van der Waals surface area contributed by atoms with E-state index in [4.69, 9.17) is 0 Å². The van der Waals surface area contributed by atoms with E-state index in [0.29, 0.717) is 0 Å². The van der Waals surface area contributed by atoms with Crippen LogP contribution in [0.1, 0.15) is 70.4 Å². The molecule has 0 unspecified atom stereocenters. The molecule has 3 aromatic rings. The molecule has 35 heavy (non-hydrogen) atoms. The molecule has 0 amide bonds. The van der Waals surface area contributed by atoms with Gasteiger partial charge in [0.25, 0.3) is 0 Å². The molecule has 0 saturated heterocycles. The van der Waals surface area contributed by atoms with Gasteiger partial charge >= 0.3 is 218 Å². The number of nitrogens with zero attached hydrogens (tertiary/aromatic N) is 1. The summed E-state index contributed by atoms with van der Waals surface area (Å²) in [5.41, 5.74) is 5.49. The van der Waals surface area contributed by atoms with E-state index < -0.39 is 18.4 Å². The third kappa shape index (κ3) is 6.70. The van der Waals surface area contributed by atoms with Crippen LogP contribution >= 0.6 is 0 Å². The van der Waals surface area contributed by atoms with Crippen LogP contribution in [0.5, 0.6) is 0 Å². The number of para-hydroxylation sites is 2. The van der Waals surface area contributed by atoms with Gasteiger partial charge in [0.15, 0.2) is 0 Å². The Hall–Kier alpha value is -1.81. The molecule has 0 N–H and O–H groups in total. The van der Waals surface area contributed by atoms with Gasteiger partial charge in [-0.3, -0.25) is 0 Å².